The molecule has 0 aliphatic carbocycles. The van der Waals surface area contributed by atoms with Crippen molar-refractivity contribution in [2.24, 2.45) is 0 Å². The number of benzene rings is 1. The normalized spacial score (nSPS) is 16.4. The van der Waals surface area contributed by atoms with Crippen molar-refractivity contribution in [2.45, 2.75) is 65.1 Å². The molecule has 0 spiro atoms. The number of halogens is 1. The summed E-state index contributed by atoms with van der Waals surface area (Å²) in [4.78, 5) is 23.4. The lowest BCUT2D eigenvalue weighted by Crippen LogP contribution is -2.31. The standard InChI is InChI=1S/C27H33FN8O2/c1-15(2)36-11-9-18(14-36)31-23-21-19(8-10-29-22(21)33-34-23)16-6-7-17(20(28)12-16)13-30-24(37)25-32-26(35-38-25)27(3,4)5/h6-8,10,12,15,18H,9,11,13-14H2,1-5H3,(H,30,37)(H2,29,31,33,34)/t18-/m0/s1. The molecule has 5 rings (SSSR count). The van der Waals surface area contributed by atoms with Crippen molar-refractivity contribution in [1.29, 1.82) is 0 Å². The molecular weight excluding hydrogens is 487 g/mol. The van der Waals surface area contributed by atoms with Gasteiger partial charge in [-0.15, -0.1) is 0 Å². The van der Waals surface area contributed by atoms with Gasteiger partial charge in [-0.2, -0.15) is 10.1 Å². The van der Waals surface area contributed by atoms with E-state index in [0.29, 0.717) is 34.5 Å². The number of hydrogen-bond acceptors (Lipinski definition) is 8. The van der Waals surface area contributed by atoms with Gasteiger partial charge in [0.05, 0.1) is 5.39 Å². The number of nitrogens with one attached hydrogen (secondary N) is 3. The molecule has 3 aromatic heterocycles. The Balaban J connectivity index is 1.32. The summed E-state index contributed by atoms with van der Waals surface area (Å²) < 4.78 is 20.2. The van der Waals surface area contributed by atoms with E-state index in [0.717, 1.165) is 30.5 Å². The molecule has 3 N–H and O–H groups in total. The highest BCUT2D eigenvalue weighted by Crippen LogP contribution is 2.33. The van der Waals surface area contributed by atoms with Gasteiger partial charge in [0.2, 0.25) is 0 Å². The smallest absolute Gasteiger partial charge is 0.315 e. The van der Waals surface area contributed by atoms with Crippen molar-refractivity contribution in [3.05, 3.63) is 53.6 Å². The van der Waals surface area contributed by atoms with E-state index in [1.165, 1.54) is 6.07 Å². The fourth-order valence-corrected chi connectivity index (χ4v) is 4.59. The number of likely N-dealkylation sites (tertiary alicyclic amines) is 1. The fourth-order valence-electron chi connectivity index (χ4n) is 4.59. The van der Waals surface area contributed by atoms with Gasteiger partial charge in [-0.25, -0.2) is 9.37 Å². The van der Waals surface area contributed by atoms with Crippen molar-refractivity contribution < 1.29 is 13.7 Å². The highest BCUT2D eigenvalue weighted by atomic mass is 19.1. The van der Waals surface area contributed by atoms with Crippen LogP contribution >= 0.6 is 0 Å². The highest BCUT2D eigenvalue weighted by Gasteiger charge is 2.26. The Morgan fingerprint density at radius 2 is 2.11 bits per heavy atom. The molecule has 1 amide bonds. The van der Waals surface area contributed by atoms with Crippen molar-refractivity contribution in [1.82, 2.24) is 35.5 Å². The van der Waals surface area contributed by atoms with Crippen LogP contribution in [0.15, 0.2) is 35.0 Å². The average molecular weight is 521 g/mol. The molecular formula is C27H33FN8O2. The second-order valence-electron chi connectivity index (χ2n) is 11.0. The van der Waals surface area contributed by atoms with E-state index < -0.39 is 11.7 Å². The number of anilines is 1. The van der Waals surface area contributed by atoms with Crippen LogP contribution in [0.2, 0.25) is 0 Å². The molecule has 4 heterocycles. The van der Waals surface area contributed by atoms with Crippen LogP contribution in [-0.2, 0) is 12.0 Å². The van der Waals surface area contributed by atoms with Gasteiger partial charge < -0.3 is 15.2 Å². The average Bonchev–Trinajstić information content (AvgIpc) is 3.63. The quantitative estimate of drug-likeness (QED) is 0.330. The van der Waals surface area contributed by atoms with Crippen molar-refractivity contribution in [2.75, 3.05) is 18.4 Å². The lowest BCUT2D eigenvalue weighted by atomic mass is 9.96. The molecule has 1 atom stereocenters. The third-order valence-electron chi connectivity index (χ3n) is 6.85. The third-order valence-corrected chi connectivity index (χ3v) is 6.85. The Labute approximate surface area is 220 Å². The van der Waals surface area contributed by atoms with Gasteiger partial charge in [0.1, 0.15) is 5.82 Å². The zero-order valence-electron chi connectivity index (χ0n) is 22.3. The largest absolute Gasteiger partial charge is 0.364 e. The second-order valence-corrected chi connectivity index (χ2v) is 11.0. The van der Waals surface area contributed by atoms with Gasteiger partial charge in [-0.1, -0.05) is 38.1 Å². The summed E-state index contributed by atoms with van der Waals surface area (Å²) in [7, 11) is 0. The molecule has 0 saturated carbocycles. The van der Waals surface area contributed by atoms with Crippen LogP contribution in [0.5, 0.6) is 0 Å². The first-order chi connectivity index (χ1) is 18.1. The minimum Gasteiger partial charge on any atom is -0.364 e. The number of fused-ring (bicyclic) bond motifs is 1. The Morgan fingerprint density at radius 3 is 2.79 bits per heavy atom. The Bertz CT molecular complexity index is 1460. The summed E-state index contributed by atoms with van der Waals surface area (Å²) in [6.07, 6.45) is 2.70. The zero-order valence-corrected chi connectivity index (χ0v) is 22.3. The van der Waals surface area contributed by atoms with Crippen LogP contribution in [0.3, 0.4) is 0 Å². The topological polar surface area (TPSA) is 125 Å². The minimum absolute atomic E-state index is 0.0174. The number of amides is 1. The summed E-state index contributed by atoms with van der Waals surface area (Å²) in [6.45, 7) is 12.1. The van der Waals surface area contributed by atoms with E-state index in [-0.39, 0.29) is 23.9 Å². The lowest BCUT2D eigenvalue weighted by molar-refractivity contribution is 0.0906. The molecule has 1 fully saturated rings. The third kappa shape index (κ3) is 5.24. The molecule has 1 aromatic carbocycles. The molecule has 1 aliphatic rings. The predicted molar refractivity (Wildman–Crippen MR) is 142 cm³/mol. The summed E-state index contributed by atoms with van der Waals surface area (Å²) in [5.74, 6) is 0.00842. The van der Waals surface area contributed by atoms with E-state index in [9.17, 15) is 4.79 Å². The van der Waals surface area contributed by atoms with Gasteiger partial charge in [-0.3, -0.25) is 14.8 Å². The number of H-pyrrole nitrogens is 1. The maximum absolute atomic E-state index is 15.2. The van der Waals surface area contributed by atoms with Crippen LogP contribution in [0.1, 0.15) is 63.1 Å². The number of pyridine rings is 1. The fraction of sp³-hybridized carbons (Fsp3) is 0.444. The molecule has 200 valence electrons. The highest BCUT2D eigenvalue weighted by molar-refractivity contribution is 6.00. The Hall–Kier alpha value is -3.86. The number of rotatable bonds is 7. The summed E-state index contributed by atoms with van der Waals surface area (Å²) in [5, 5.41) is 18.4. The van der Waals surface area contributed by atoms with Crippen LogP contribution < -0.4 is 10.6 Å². The molecule has 1 saturated heterocycles. The molecule has 11 heteroatoms. The number of hydrogen-bond donors (Lipinski definition) is 3. The minimum atomic E-state index is -0.552. The molecule has 38 heavy (non-hydrogen) atoms. The second kappa shape index (κ2) is 10.1. The first-order valence-electron chi connectivity index (χ1n) is 12.8. The van der Waals surface area contributed by atoms with E-state index in [1.54, 1.807) is 12.3 Å². The molecule has 0 unspecified atom stereocenters. The van der Waals surface area contributed by atoms with Crippen LogP contribution in [-0.4, -0.2) is 61.3 Å². The number of aromatic nitrogens is 5. The number of carbonyl (C=O) groups is 1. The number of aromatic amines is 1. The van der Waals surface area contributed by atoms with Crippen LogP contribution in [0, 0.1) is 5.82 Å². The monoisotopic (exact) mass is 520 g/mol. The number of nitrogens with zero attached hydrogens (tertiary/aromatic N) is 5. The summed E-state index contributed by atoms with van der Waals surface area (Å²) in [5.41, 5.74) is 2.14. The van der Waals surface area contributed by atoms with Gasteiger partial charge >= 0.3 is 11.8 Å². The van der Waals surface area contributed by atoms with Crippen LogP contribution in [0.25, 0.3) is 22.2 Å². The van der Waals surface area contributed by atoms with E-state index in [1.807, 2.05) is 32.9 Å². The van der Waals surface area contributed by atoms with Crippen LogP contribution in [0.4, 0.5) is 10.2 Å². The summed E-state index contributed by atoms with van der Waals surface area (Å²) in [6, 6.07) is 7.59. The van der Waals surface area contributed by atoms with Crippen molar-refractivity contribution in [3.63, 3.8) is 0 Å². The van der Waals surface area contributed by atoms with Gasteiger partial charge in [0.15, 0.2) is 17.3 Å². The molecule has 1 aliphatic heterocycles. The maximum Gasteiger partial charge on any atom is 0.315 e. The summed E-state index contributed by atoms with van der Waals surface area (Å²) >= 11 is 0. The molecule has 0 bridgehead atoms. The van der Waals surface area contributed by atoms with Gasteiger partial charge in [0, 0.05) is 48.9 Å². The number of carbonyl (C=O) groups excluding carboxylic acids is 1. The predicted octanol–water partition coefficient (Wildman–Crippen LogP) is 4.27. The first-order valence-corrected chi connectivity index (χ1v) is 12.8. The SMILES string of the molecule is CC(C)N1CC[C@H](Nc2n[nH]c3nccc(-c4ccc(CNC(=O)c5nc(C(C)(C)C)no5)c(F)c4)c23)C1. The molecule has 4 aromatic rings. The van der Waals surface area contributed by atoms with Crippen molar-refractivity contribution >= 4 is 22.8 Å². The van der Waals surface area contributed by atoms with E-state index in [4.69, 9.17) is 4.52 Å². The van der Waals surface area contributed by atoms with E-state index >= 15 is 4.39 Å². The maximum atomic E-state index is 15.2. The van der Waals surface area contributed by atoms with Crippen molar-refractivity contribution in [3.8, 4) is 11.1 Å². The Kier molecular flexibility index (Phi) is 6.87. The molecule has 0 radical (unpaired) electrons. The Morgan fingerprint density at radius 1 is 1.29 bits per heavy atom. The molecule has 10 nitrogen and oxygen atoms in total. The lowest BCUT2D eigenvalue weighted by Gasteiger charge is -2.20. The van der Waals surface area contributed by atoms with E-state index in [2.05, 4.69) is 54.7 Å². The zero-order chi connectivity index (χ0) is 27.0. The van der Waals surface area contributed by atoms with Gasteiger partial charge in [-0.05, 0) is 43.5 Å². The van der Waals surface area contributed by atoms with Gasteiger partial charge in [0.25, 0.3) is 0 Å². The first kappa shape index (κ1) is 25.8.